The van der Waals surface area contributed by atoms with E-state index in [4.69, 9.17) is 21.4 Å². The minimum Gasteiger partial charge on any atom is -0.493 e. The Bertz CT molecular complexity index is 278. The molecule has 2 nitrogen and oxygen atoms in total. The molecule has 0 aliphatic carbocycles. The molecule has 1 aromatic carbocycles. The second-order valence-corrected chi connectivity index (χ2v) is 3.76. The summed E-state index contributed by atoms with van der Waals surface area (Å²) >= 11 is 9.13. The molecule has 1 N–H and O–H groups in total. The summed E-state index contributed by atoms with van der Waals surface area (Å²) in [4.78, 5) is 0. The molecule has 0 unspecified atom stereocenters. The SMILES string of the molecule is OCCCOc1ccc(Br)c(Cl)c1. The molecule has 13 heavy (non-hydrogen) atoms. The lowest BCUT2D eigenvalue weighted by Gasteiger charge is -2.05. The standard InChI is InChI=1S/C9H10BrClO2/c10-8-3-2-7(6-9(8)11)13-5-1-4-12/h2-3,6,12H,1,4-5H2. The van der Waals surface area contributed by atoms with E-state index >= 15 is 0 Å². The molecule has 1 rings (SSSR count). The van der Waals surface area contributed by atoms with Crippen molar-refractivity contribution < 1.29 is 9.84 Å². The molecule has 0 spiro atoms. The van der Waals surface area contributed by atoms with Gasteiger partial charge in [-0.05, 0) is 34.1 Å². The van der Waals surface area contributed by atoms with Gasteiger partial charge < -0.3 is 9.84 Å². The number of aliphatic hydroxyl groups excluding tert-OH is 1. The summed E-state index contributed by atoms with van der Waals surface area (Å²) in [5.74, 6) is 0.724. The lowest BCUT2D eigenvalue weighted by Crippen LogP contribution is -1.99. The molecule has 0 fully saturated rings. The Balaban J connectivity index is 2.53. The number of rotatable bonds is 4. The number of ether oxygens (including phenoxy) is 1. The number of aliphatic hydroxyl groups is 1. The van der Waals surface area contributed by atoms with Crippen LogP contribution >= 0.6 is 27.5 Å². The summed E-state index contributed by atoms with van der Waals surface area (Å²) in [5.41, 5.74) is 0. The first-order chi connectivity index (χ1) is 6.24. The molecule has 0 aliphatic rings. The van der Waals surface area contributed by atoms with Gasteiger partial charge in [0.2, 0.25) is 0 Å². The van der Waals surface area contributed by atoms with Crippen molar-refractivity contribution in [2.24, 2.45) is 0 Å². The van der Waals surface area contributed by atoms with E-state index in [-0.39, 0.29) is 6.61 Å². The van der Waals surface area contributed by atoms with Gasteiger partial charge >= 0.3 is 0 Å². The van der Waals surface area contributed by atoms with Gasteiger partial charge in [-0.3, -0.25) is 0 Å². The predicted octanol–water partition coefficient (Wildman–Crippen LogP) is 2.86. The van der Waals surface area contributed by atoms with E-state index < -0.39 is 0 Å². The Kier molecular flexibility index (Phi) is 4.56. The van der Waals surface area contributed by atoms with Gasteiger partial charge in [-0.25, -0.2) is 0 Å². The van der Waals surface area contributed by atoms with Gasteiger partial charge in [-0.1, -0.05) is 11.6 Å². The number of halogens is 2. The highest BCUT2D eigenvalue weighted by atomic mass is 79.9. The zero-order chi connectivity index (χ0) is 9.68. The Labute approximate surface area is 90.6 Å². The van der Waals surface area contributed by atoms with Crippen LogP contribution in [-0.2, 0) is 0 Å². The first-order valence-electron chi connectivity index (χ1n) is 3.93. The van der Waals surface area contributed by atoms with Crippen molar-refractivity contribution in [3.63, 3.8) is 0 Å². The van der Waals surface area contributed by atoms with Crippen molar-refractivity contribution in [1.29, 1.82) is 0 Å². The molecular formula is C9H10BrClO2. The van der Waals surface area contributed by atoms with Crippen molar-refractivity contribution in [3.05, 3.63) is 27.7 Å². The van der Waals surface area contributed by atoms with Crippen LogP contribution in [0.1, 0.15) is 6.42 Å². The molecule has 1 aromatic rings. The van der Waals surface area contributed by atoms with Crippen molar-refractivity contribution in [2.45, 2.75) is 6.42 Å². The van der Waals surface area contributed by atoms with Gasteiger partial charge in [0.1, 0.15) is 5.75 Å². The van der Waals surface area contributed by atoms with Crippen LogP contribution in [0, 0.1) is 0 Å². The Morgan fingerprint density at radius 3 is 2.85 bits per heavy atom. The van der Waals surface area contributed by atoms with Crippen LogP contribution in [0.2, 0.25) is 5.02 Å². The highest BCUT2D eigenvalue weighted by Gasteiger charge is 1.99. The molecule has 0 heterocycles. The molecule has 0 bridgehead atoms. The largest absolute Gasteiger partial charge is 0.493 e. The number of hydrogen-bond acceptors (Lipinski definition) is 2. The molecule has 0 aromatic heterocycles. The average Bonchev–Trinajstić information content (AvgIpc) is 2.12. The van der Waals surface area contributed by atoms with E-state index in [1.807, 2.05) is 12.1 Å². The van der Waals surface area contributed by atoms with Crippen molar-refractivity contribution in [3.8, 4) is 5.75 Å². The van der Waals surface area contributed by atoms with Crippen LogP contribution in [0.3, 0.4) is 0 Å². The molecule has 0 atom stereocenters. The summed E-state index contributed by atoms with van der Waals surface area (Å²) < 4.78 is 6.17. The summed E-state index contributed by atoms with van der Waals surface area (Å²) in [5, 5.41) is 9.16. The molecule has 0 saturated carbocycles. The van der Waals surface area contributed by atoms with Crippen LogP contribution in [0.4, 0.5) is 0 Å². The van der Waals surface area contributed by atoms with E-state index in [2.05, 4.69) is 15.9 Å². The Morgan fingerprint density at radius 1 is 1.46 bits per heavy atom. The number of benzene rings is 1. The molecule has 0 aliphatic heterocycles. The topological polar surface area (TPSA) is 29.5 Å². The molecule has 0 saturated heterocycles. The van der Waals surface area contributed by atoms with Gasteiger partial charge in [0.05, 0.1) is 11.6 Å². The van der Waals surface area contributed by atoms with E-state index in [1.54, 1.807) is 6.07 Å². The quantitative estimate of drug-likeness (QED) is 0.848. The fraction of sp³-hybridized carbons (Fsp3) is 0.333. The Morgan fingerprint density at radius 2 is 2.23 bits per heavy atom. The maximum atomic E-state index is 8.53. The second kappa shape index (κ2) is 5.47. The third kappa shape index (κ3) is 3.55. The van der Waals surface area contributed by atoms with Gasteiger partial charge in [0, 0.05) is 17.5 Å². The normalized spacial score (nSPS) is 10.1. The molecule has 0 amide bonds. The fourth-order valence-electron chi connectivity index (χ4n) is 0.821. The first-order valence-corrected chi connectivity index (χ1v) is 5.10. The van der Waals surface area contributed by atoms with Crippen LogP contribution < -0.4 is 4.74 Å². The summed E-state index contributed by atoms with van der Waals surface area (Å²) in [7, 11) is 0. The second-order valence-electron chi connectivity index (χ2n) is 2.50. The Hall–Kier alpha value is -0.250. The van der Waals surface area contributed by atoms with E-state index in [0.29, 0.717) is 18.1 Å². The molecule has 0 radical (unpaired) electrons. The summed E-state index contributed by atoms with van der Waals surface area (Å²) in [6.07, 6.45) is 0.633. The van der Waals surface area contributed by atoms with E-state index in [0.717, 1.165) is 10.2 Å². The number of hydrogen-bond donors (Lipinski definition) is 1. The average molecular weight is 266 g/mol. The van der Waals surface area contributed by atoms with Crippen LogP contribution in [-0.4, -0.2) is 18.3 Å². The lowest BCUT2D eigenvalue weighted by molar-refractivity contribution is 0.233. The summed E-state index contributed by atoms with van der Waals surface area (Å²) in [6, 6.07) is 5.40. The monoisotopic (exact) mass is 264 g/mol. The van der Waals surface area contributed by atoms with Gasteiger partial charge in [0.15, 0.2) is 0 Å². The maximum absolute atomic E-state index is 8.53. The third-order valence-corrected chi connectivity index (χ3v) is 2.69. The molecule has 4 heteroatoms. The maximum Gasteiger partial charge on any atom is 0.120 e. The third-order valence-electron chi connectivity index (χ3n) is 1.46. The fourth-order valence-corrected chi connectivity index (χ4v) is 1.24. The lowest BCUT2D eigenvalue weighted by atomic mass is 10.3. The minimum atomic E-state index is 0.143. The van der Waals surface area contributed by atoms with E-state index in [1.165, 1.54) is 0 Å². The summed E-state index contributed by atoms with van der Waals surface area (Å²) in [6.45, 7) is 0.652. The van der Waals surface area contributed by atoms with Crippen LogP contribution in [0.25, 0.3) is 0 Å². The van der Waals surface area contributed by atoms with Crippen molar-refractivity contribution in [2.75, 3.05) is 13.2 Å². The zero-order valence-corrected chi connectivity index (χ0v) is 9.31. The minimum absolute atomic E-state index is 0.143. The van der Waals surface area contributed by atoms with Gasteiger partial charge in [-0.2, -0.15) is 0 Å². The first kappa shape index (κ1) is 10.8. The highest BCUT2D eigenvalue weighted by Crippen LogP contribution is 2.26. The van der Waals surface area contributed by atoms with Crippen molar-refractivity contribution >= 4 is 27.5 Å². The molecule has 72 valence electrons. The van der Waals surface area contributed by atoms with Gasteiger partial charge in [0.25, 0.3) is 0 Å². The zero-order valence-electron chi connectivity index (χ0n) is 6.96. The van der Waals surface area contributed by atoms with Crippen LogP contribution in [0.5, 0.6) is 5.75 Å². The van der Waals surface area contributed by atoms with Gasteiger partial charge in [-0.15, -0.1) is 0 Å². The smallest absolute Gasteiger partial charge is 0.120 e. The van der Waals surface area contributed by atoms with E-state index in [9.17, 15) is 0 Å². The predicted molar refractivity (Wildman–Crippen MR) is 56.3 cm³/mol. The molecular weight excluding hydrogens is 255 g/mol. The highest BCUT2D eigenvalue weighted by molar-refractivity contribution is 9.10. The van der Waals surface area contributed by atoms with Crippen LogP contribution in [0.15, 0.2) is 22.7 Å². The van der Waals surface area contributed by atoms with Crippen molar-refractivity contribution in [1.82, 2.24) is 0 Å².